The molecule has 0 amide bonds. The molecule has 0 bridgehead atoms. The number of aliphatic hydroxyl groups excluding tert-OH is 1. The maximum atomic E-state index is 11.9. The van der Waals surface area contributed by atoms with Crippen LogP contribution in [0.4, 0.5) is 0 Å². The van der Waals surface area contributed by atoms with Crippen LogP contribution in [-0.2, 0) is 28.2 Å². The van der Waals surface area contributed by atoms with Crippen LogP contribution in [0.2, 0.25) is 0 Å². The van der Waals surface area contributed by atoms with Gasteiger partial charge in [0.2, 0.25) is 0 Å². The summed E-state index contributed by atoms with van der Waals surface area (Å²) in [6, 6.07) is 34.4. The fourth-order valence-corrected chi connectivity index (χ4v) is 8.79. The lowest BCUT2D eigenvalue weighted by Gasteiger charge is -2.19. The summed E-state index contributed by atoms with van der Waals surface area (Å²) < 4.78 is 4.81. The average Bonchev–Trinajstić information content (AvgIpc) is 3.73. The van der Waals surface area contributed by atoms with Gasteiger partial charge in [-0.1, -0.05) is 138 Å². The van der Waals surface area contributed by atoms with Gasteiger partial charge in [-0.25, -0.2) is 0 Å². The van der Waals surface area contributed by atoms with E-state index >= 15 is 0 Å². The lowest BCUT2D eigenvalue weighted by molar-refractivity contribution is 0.223. The zero-order chi connectivity index (χ0) is 41.0. The molecule has 3 heteroatoms. The predicted molar refractivity (Wildman–Crippen MR) is 246 cm³/mol. The minimum Gasteiger partial charge on any atom is -0.384 e. The van der Waals surface area contributed by atoms with Gasteiger partial charge in [0.25, 0.3) is 0 Å². The third-order valence-corrected chi connectivity index (χ3v) is 12.4. The molecule has 0 aliphatic heterocycles. The maximum absolute atomic E-state index is 11.9. The van der Waals surface area contributed by atoms with Gasteiger partial charge in [-0.3, -0.25) is 0 Å². The van der Waals surface area contributed by atoms with Gasteiger partial charge in [0.05, 0.1) is 11.0 Å². The fourth-order valence-electron chi connectivity index (χ4n) is 8.79. The molecule has 57 heavy (non-hydrogen) atoms. The molecule has 5 aromatic carbocycles. The zero-order valence-electron chi connectivity index (χ0n) is 36.2. The SMILES string of the molecule is C=CC1=C(/C=C\Cn2c3ccc(C(C)(C)C)cc3c3cc(C(C)(C)C)ccc32)C(O)c2ccc(-n3c4ccc(C(C)(C)C)cc4c4cc(C(C)(C)C)ccc43)cc21. The zero-order valence-corrected chi connectivity index (χ0v) is 36.2. The minimum atomic E-state index is -0.734. The molecule has 7 aromatic rings. The van der Waals surface area contributed by atoms with Crippen LogP contribution < -0.4 is 0 Å². The number of fused-ring (bicyclic) bond motifs is 7. The quantitative estimate of drug-likeness (QED) is 0.186. The van der Waals surface area contributed by atoms with Gasteiger partial charge in [-0.2, -0.15) is 0 Å². The summed E-state index contributed by atoms with van der Waals surface area (Å²) in [6.07, 6.45) is 5.50. The molecule has 1 aliphatic carbocycles. The lowest BCUT2D eigenvalue weighted by atomic mass is 9.85. The summed E-state index contributed by atoms with van der Waals surface area (Å²) in [6.45, 7) is 32.3. The molecule has 1 atom stereocenters. The average molecular weight is 753 g/mol. The van der Waals surface area contributed by atoms with E-state index in [4.69, 9.17) is 0 Å². The molecule has 0 radical (unpaired) electrons. The molecule has 2 aromatic heterocycles. The second kappa shape index (κ2) is 13.2. The van der Waals surface area contributed by atoms with E-state index in [-0.39, 0.29) is 21.7 Å². The molecule has 1 aliphatic rings. The third kappa shape index (κ3) is 6.58. The number of allylic oxidation sites excluding steroid dienone is 3. The van der Waals surface area contributed by atoms with E-state index in [0.29, 0.717) is 6.54 Å². The molecule has 2 heterocycles. The predicted octanol–water partition coefficient (Wildman–Crippen LogP) is 14.3. The Hall–Kier alpha value is -5.12. The van der Waals surface area contributed by atoms with Gasteiger partial charge in [-0.15, -0.1) is 0 Å². The van der Waals surface area contributed by atoms with Crippen molar-refractivity contribution in [2.24, 2.45) is 0 Å². The molecule has 1 N–H and O–H groups in total. The highest BCUT2D eigenvalue weighted by Gasteiger charge is 2.29. The molecule has 0 saturated carbocycles. The monoisotopic (exact) mass is 752 g/mol. The Bertz CT molecular complexity index is 2680. The van der Waals surface area contributed by atoms with E-state index in [0.717, 1.165) is 28.0 Å². The normalized spacial score (nSPS) is 15.6. The molecule has 0 fully saturated rings. The van der Waals surface area contributed by atoms with Gasteiger partial charge in [0.1, 0.15) is 6.10 Å². The van der Waals surface area contributed by atoms with Crippen molar-refractivity contribution in [3.8, 4) is 5.69 Å². The van der Waals surface area contributed by atoms with Crippen molar-refractivity contribution in [3.63, 3.8) is 0 Å². The van der Waals surface area contributed by atoms with E-state index in [1.807, 2.05) is 6.08 Å². The molecule has 0 spiro atoms. The van der Waals surface area contributed by atoms with Gasteiger partial charge >= 0.3 is 0 Å². The van der Waals surface area contributed by atoms with E-state index in [1.165, 1.54) is 65.9 Å². The summed E-state index contributed by atoms with van der Waals surface area (Å²) >= 11 is 0. The van der Waals surface area contributed by atoms with Crippen LogP contribution in [0.3, 0.4) is 0 Å². The number of nitrogens with zero attached hydrogens (tertiary/aromatic N) is 2. The molecule has 1 unspecified atom stereocenters. The van der Waals surface area contributed by atoms with E-state index < -0.39 is 6.10 Å². The Morgan fingerprint density at radius 1 is 0.544 bits per heavy atom. The van der Waals surface area contributed by atoms with Crippen molar-refractivity contribution in [2.45, 2.75) is 117 Å². The van der Waals surface area contributed by atoms with Crippen LogP contribution in [0, 0.1) is 0 Å². The number of hydrogen-bond donors (Lipinski definition) is 1. The highest BCUT2D eigenvalue weighted by atomic mass is 16.3. The van der Waals surface area contributed by atoms with Gasteiger partial charge < -0.3 is 14.2 Å². The van der Waals surface area contributed by atoms with Crippen molar-refractivity contribution >= 4 is 49.2 Å². The Labute approximate surface area is 340 Å². The van der Waals surface area contributed by atoms with Crippen LogP contribution in [0.1, 0.15) is 123 Å². The van der Waals surface area contributed by atoms with E-state index in [1.54, 1.807) is 0 Å². The number of aromatic nitrogens is 2. The molecule has 292 valence electrons. The fraction of sp³-hybridized carbons (Fsp3) is 0.333. The van der Waals surface area contributed by atoms with Crippen molar-refractivity contribution in [1.29, 1.82) is 0 Å². The first kappa shape index (κ1) is 38.7. The van der Waals surface area contributed by atoms with Crippen molar-refractivity contribution in [1.82, 2.24) is 9.13 Å². The second-order valence-corrected chi connectivity index (χ2v) is 20.5. The van der Waals surface area contributed by atoms with Crippen molar-refractivity contribution < 1.29 is 5.11 Å². The minimum absolute atomic E-state index is 0.0364. The highest BCUT2D eigenvalue weighted by molar-refractivity contribution is 6.10. The largest absolute Gasteiger partial charge is 0.384 e. The smallest absolute Gasteiger partial charge is 0.105 e. The Morgan fingerprint density at radius 3 is 1.35 bits per heavy atom. The highest BCUT2D eigenvalue weighted by Crippen LogP contribution is 2.45. The van der Waals surface area contributed by atoms with Gasteiger partial charge in [0.15, 0.2) is 0 Å². The molecular weight excluding hydrogens is 693 g/mol. The Morgan fingerprint density at radius 2 is 0.947 bits per heavy atom. The number of benzene rings is 5. The summed E-state index contributed by atoms with van der Waals surface area (Å²) in [5, 5.41) is 17.0. The van der Waals surface area contributed by atoms with E-state index in [2.05, 4.69) is 202 Å². The Balaban J connectivity index is 1.22. The molecule has 0 saturated heterocycles. The van der Waals surface area contributed by atoms with Crippen LogP contribution in [-0.4, -0.2) is 14.2 Å². The van der Waals surface area contributed by atoms with Crippen molar-refractivity contribution in [3.05, 3.63) is 155 Å². The lowest BCUT2D eigenvalue weighted by Crippen LogP contribution is -2.10. The summed E-state index contributed by atoms with van der Waals surface area (Å²) in [7, 11) is 0. The maximum Gasteiger partial charge on any atom is 0.105 e. The molecule has 8 rings (SSSR count). The summed E-state index contributed by atoms with van der Waals surface area (Å²) in [5.41, 5.74) is 15.2. The first-order valence-electron chi connectivity index (χ1n) is 20.7. The summed E-state index contributed by atoms with van der Waals surface area (Å²) in [4.78, 5) is 0. The van der Waals surface area contributed by atoms with Crippen LogP contribution in [0.15, 0.2) is 121 Å². The number of hydrogen-bond acceptors (Lipinski definition) is 1. The molecular formula is C54H60N2O. The van der Waals surface area contributed by atoms with Gasteiger partial charge in [-0.05, 0) is 127 Å². The van der Waals surface area contributed by atoms with Gasteiger partial charge in [0, 0.05) is 44.8 Å². The first-order valence-corrected chi connectivity index (χ1v) is 20.7. The molecule has 3 nitrogen and oxygen atoms in total. The first-order chi connectivity index (χ1) is 26.7. The van der Waals surface area contributed by atoms with Crippen LogP contribution in [0.25, 0.3) is 54.9 Å². The summed E-state index contributed by atoms with van der Waals surface area (Å²) in [5.74, 6) is 0. The number of aliphatic hydroxyl groups is 1. The van der Waals surface area contributed by atoms with Crippen LogP contribution in [0.5, 0.6) is 0 Å². The standard InChI is InChI=1S/C54H60N2O/c1-14-38-39(16-15-27-55-46-23-17-33(51(2,3)4)28-42(46)43-29-34(52(5,6)7)18-24-47(43)55)50(57)40-22-21-37(32-41(38)40)56-48-25-19-35(53(8,9)10)30-44(48)45-31-36(54(11,12)13)20-26-49(45)56/h14-26,28-32,50,57H,1,27H2,2-13H3/b16-15-. The topological polar surface area (TPSA) is 30.1 Å². The van der Waals surface area contributed by atoms with Crippen molar-refractivity contribution in [2.75, 3.05) is 0 Å². The number of rotatable bonds is 5. The Kier molecular flexibility index (Phi) is 8.98. The van der Waals surface area contributed by atoms with Crippen LogP contribution >= 0.6 is 0 Å². The van der Waals surface area contributed by atoms with E-state index in [9.17, 15) is 5.11 Å². The second-order valence-electron chi connectivity index (χ2n) is 20.5. The third-order valence-electron chi connectivity index (χ3n) is 12.4.